The van der Waals surface area contributed by atoms with Crippen LogP contribution in [-0.2, 0) is 19.7 Å². The highest BCUT2D eigenvalue weighted by molar-refractivity contribution is 7.86. The van der Waals surface area contributed by atoms with E-state index in [0.29, 0.717) is 19.5 Å². The molecule has 2 atom stereocenters. The van der Waals surface area contributed by atoms with Crippen LogP contribution in [0.4, 0.5) is 0 Å². The van der Waals surface area contributed by atoms with Crippen molar-refractivity contribution in [2.75, 3.05) is 20.2 Å². The summed E-state index contributed by atoms with van der Waals surface area (Å²) in [5.41, 5.74) is 0. The van der Waals surface area contributed by atoms with Gasteiger partial charge in [-0.2, -0.15) is 17.0 Å². The number of hydrogen-bond donors (Lipinski definition) is 0. The Morgan fingerprint density at radius 1 is 1.05 bits per heavy atom. The first-order chi connectivity index (χ1) is 9.48. The molecular formula is C13H24N2O4S. The van der Waals surface area contributed by atoms with Gasteiger partial charge in [-0.15, -0.1) is 0 Å². The molecule has 2 rings (SSSR count). The van der Waals surface area contributed by atoms with Crippen molar-refractivity contribution >= 4 is 16.2 Å². The zero-order chi connectivity index (χ0) is 14.8. The topological polar surface area (TPSA) is 66.9 Å². The highest BCUT2D eigenvalue weighted by Gasteiger charge is 2.42. The van der Waals surface area contributed by atoms with Crippen LogP contribution in [-0.4, -0.2) is 55.3 Å². The number of ether oxygens (including phenoxy) is 1. The summed E-state index contributed by atoms with van der Waals surface area (Å²) in [6, 6.07) is -0.651. The molecule has 116 valence electrons. The van der Waals surface area contributed by atoms with Crippen molar-refractivity contribution in [2.24, 2.45) is 0 Å². The van der Waals surface area contributed by atoms with Crippen LogP contribution in [0.25, 0.3) is 0 Å². The van der Waals surface area contributed by atoms with E-state index in [9.17, 15) is 13.2 Å². The lowest BCUT2D eigenvalue weighted by atomic mass is 10.1. The number of hydrogen-bond acceptors (Lipinski definition) is 4. The zero-order valence-electron chi connectivity index (χ0n) is 12.2. The van der Waals surface area contributed by atoms with E-state index >= 15 is 0 Å². The number of esters is 1. The average molecular weight is 304 g/mol. The quantitative estimate of drug-likeness (QED) is 0.733. The molecule has 0 aromatic rings. The van der Waals surface area contributed by atoms with Crippen molar-refractivity contribution in [3.63, 3.8) is 0 Å². The molecule has 0 amide bonds. The molecule has 2 saturated heterocycles. The van der Waals surface area contributed by atoms with Crippen LogP contribution in [0.1, 0.15) is 45.4 Å². The van der Waals surface area contributed by atoms with Crippen LogP contribution in [0.3, 0.4) is 0 Å². The van der Waals surface area contributed by atoms with Crippen molar-refractivity contribution in [1.82, 2.24) is 8.61 Å². The zero-order valence-corrected chi connectivity index (χ0v) is 13.1. The van der Waals surface area contributed by atoms with Gasteiger partial charge in [0, 0.05) is 19.1 Å². The Morgan fingerprint density at radius 2 is 1.65 bits per heavy atom. The van der Waals surface area contributed by atoms with E-state index in [0.717, 1.165) is 32.1 Å². The van der Waals surface area contributed by atoms with Gasteiger partial charge >= 0.3 is 5.97 Å². The number of carbonyl (C=O) groups is 1. The third-order valence-electron chi connectivity index (χ3n) is 4.26. The monoisotopic (exact) mass is 304 g/mol. The van der Waals surface area contributed by atoms with E-state index < -0.39 is 22.2 Å². The average Bonchev–Trinajstić information content (AvgIpc) is 2.46. The summed E-state index contributed by atoms with van der Waals surface area (Å²) in [6.45, 7) is 2.90. The maximum Gasteiger partial charge on any atom is 0.324 e. The van der Waals surface area contributed by atoms with E-state index in [4.69, 9.17) is 4.74 Å². The number of nitrogens with zero attached hydrogens (tertiary/aromatic N) is 2. The SMILES string of the molecule is COC(=O)C1CCCCN1S(=O)(=O)N1CCCCC1C. The largest absolute Gasteiger partial charge is 0.468 e. The van der Waals surface area contributed by atoms with Gasteiger partial charge in [-0.05, 0) is 39.0 Å². The molecule has 2 aliphatic heterocycles. The van der Waals surface area contributed by atoms with Crippen molar-refractivity contribution in [3.8, 4) is 0 Å². The summed E-state index contributed by atoms with van der Waals surface area (Å²) in [5, 5.41) is 0. The summed E-state index contributed by atoms with van der Waals surface area (Å²) in [5.74, 6) is -0.446. The van der Waals surface area contributed by atoms with Crippen LogP contribution in [0, 0.1) is 0 Å². The molecule has 2 unspecified atom stereocenters. The molecule has 6 nitrogen and oxygen atoms in total. The van der Waals surface area contributed by atoms with Gasteiger partial charge in [0.1, 0.15) is 6.04 Å². The first-order valence-electron chi connectivity index (χ1n) is 7.35. The lowest BCUT2D eigenvalue weighted by Gasteiger charge is -2.40. The molecule has 0 spiro atoms. The Morgan fingerprint density at radius 3 is 2.25 bits per heavy atom. The van der Waals surface area contributed by atoms with E-state index in [2.05, 4.69) is 0 Å². The Bertz CT molecular complexity index is 451. The van der Waals surface area contributed by atoms with Gasteiger partial charge in [0.25, 0.3) is 10.2 Å². The second kappa shape index (κ2) is 6.41. The Kier molecular flexibility index (Phi) is 5.04. The number of piperidine rings is 2. The van der Waals surface area contributed by atoms with Crippen molar-refractivity contribution in [1.29, 1.82) is 0 Å². The molecule has 0 radical (unpaired) electrons. The summed E-state index contributed by atoms with van der Waals surface area (Å²) >= 11 is 0. The van der Waals surface area contributed by atoms with Crippen LogP contribution < -0.4 is 0 Å². The first kappa shape index (κ1) is 15.7. The van der Waals surface area contributed by atoms with Crippen molar-refractivity contribution in [2.45, 2.75) is 57.5 Å². The third-order valence-corrected chi connectivity index (χ3v) is 6.43. The minimum absolute atomic E-state index is 0.00831. The van der Waals surface area contributed by atoms with Gasteiger partial charge in [-0.3, -0.25) is 4.79 Å². The second-order valence-electron chi connectivity index (χ2n) is 5.61. The molecule has 0 aromatic heterocycles. The van der Waals surface area contributed by atoms with Crippen LogP contribution in [0.2, 0.25) is 0 Å². The van der Waals surface area contributed by atoms with E-state index in [1.807, 2.05) is 6.92 Å². The Labute approximate surface area is 121 Å². The van der Waals surface area contributed by atoms with Gasteiger partial charge in [-0.1, -0.05) is 6.42 Å². The molecule has 0 saturated carbocycles. The maximum absolute atomic E-state index is 12.8. The van der Waals surface area contributed by atoms with Crippen LogP contribution in [0.15, 0.2) is 0 Å². The van der Waals surface area contributed by atoms with Gasteiger partial charge in [0.05, 0.1) is 7.11 Å². The fourth-order valence-corrected chi connectivity index (χ4v) is 5.16. The molecular weight excluding hydrogens is 280 g/mol. The van der Waals surface area contributed by atoms with Crippen molar-refractivity contribution in [3.05, 3.63) is 0 Å². The van der Waals surface area contributed by atoms with Gasteiger partial charge in [0.15, 0.2) is 0 Å². The molecule has 2 heterocycles. The molecule has 2 aliphatic rings. The van der Waals surface area contributed by atoms with Crippen LogP contribution in [0.5, 0.6) is 0 Å². The predicted molar refractivity (Wildman–Crippen MR) is 75.3 cm³/mol. The highest BCUT2D eigenvalue weighted by Crippen LogP contribution is 2.27. The van der Waals surface area contributed by atoms with Gasteiger partial charge in [0.2, 0.25) is 0 Å². The summed E-state index contributed by atoms with van der Waals surface area (Å²) < 4.78 is 33.3. The van der Waals surface area contributed by atoms with Gasteiger partial charge in [-0.25, -0.2) is 0 Å². The molecule has 2 fully saturated rings. The standard InChI is InChI=1S/C13H24N2O4S/c1-11-7-3-5-9-14(11)20(17,18)15-10-6-4-8-12(15)13(16)19-2/h11-12H,3-10H2,1-2H3. The second-order valence-corrected chi connectivity index (χ2v) is 7.44. The normalized spacial score (nSPS) is 30.1. The number of carbonyl (C=O) groups excluding carboxylic acids is 1. The Hall–Kier alpha value is -0.660. The third kappa shape index (κ3) is 2.99. The minimum atomic E-state index is -3.57. The van der Waals surface area contributed by atoms with E-state index in [1.54, 1.807) is 4.31 Å². The lowest BCUT2D eigenvalue weighted by Crippen LogP contribution is -2.56. The van der Waals surface area contributed by atoms with E-state index in [-0.39, 0.29) is 6.04 Å². The molecule has 0 aromatic carbocycles. The van der Waals surface area contributed by atoms with Gasteiger partial charge < -0.3 is 4.74 Å². The number of methoxy groups -OCH3 is 1. The minimum Gasteiger partial charge on any atom is -0.468 e. The van der Waals surface area contributed by atoms with Crippen molar-refractivity contribution < 1.29 is 17.9 Å². The molecule has 20 heavy (non-hydrogen) atoms. The summed E-state index contributed by atoms with van der Waals surface area (Å²) in [7, 11) is -2.26. The Balaban J connectivity index is 2.23. The smallest absolute Gasteiger partial charge is 0.324 e. The summed E-state index contributed by atoms with van der Waals surface area (Å²) in [4.78, 5) is 11.8. The van der Waals surface area contributed by atoms with E-state index in [1.165, 1.54) is 11.4 Å². The molecule has 0 bridgehead atoms. The highest BCUT2D eigenvalue weighted by atomic mass is 32.2. The molecule has 0 N–H and O–H groups in total. The lowest BCUT2D eigenvalue weighted by molar-refractivity contribution is -0.146. The predicted octanol–water partition coefficient (Wildman–Crippen LogP) is 1.13. The van der Waals surface area contributed by atoms with Crippen LogP contribution >= 0.6 is 0 Å². The fourth-order valence-electron chi connectivity index (χ4n) is 3.10. The first-order valence-corrected chi connectivity index (χ1v) is 8.74. The number of rotatable bonds is 3. The maximum atomic E-state index is 12.8. The summed E-state index contributed by atoms with van der Waals surface area (Å²) in [6.07, 6.45) is 5.05. The molecule has 0 aliphatic carbocycles. The molecule has 7 heteroatoms. The fraction of sp³-hybridized carbons (Fsp3) is 0.923.